The molecule has 0 aliphatic carbocycles. The van der Waals surface area contributed by atoms with Gasteiger partial charge in [0.2, 0.25) is 13.1 Å². The van der Waals surface area contributed by atoms with Crippen LogP contribution in [0, 0.1) is 5.92 Å². The number of carbonyl (C=O) groups is 1. The van der Waals surface area contributed by atoms with Crippen LogP contribution in [0.4, 0.5) is 0 Å². The number of amides is 1. The van der Waals surface area contributed by atoms with E-state index in [0.29, 0.717) is 62.2 Å². The summed E-state index contributed by atoms with van der Waals surface area (Å²) in [6, 6.07) is 13.1. The predicted molar refractivity (Wildman–Crippen MR) is 154 cm³/mol. The second kappa shape index (κ2) is 12.6. The summed E-state index contributed by atoms with van der Waals surface area (Å²) in [5, 5.41) is 10.1. The molecule has 1 saturated heterocycles. The number of carbonyl (C=O) groups excluding carboxylic acids is 1. The van der Waals surface area contributed by atoms with E-state index in [-0.39, 0.29) is 36.4 Å². The Bertz CT molecular complexity index is 1510. The van der Waals surface area contributed by atoms with Gasteiger partial charge in [0.1, 0.15) is 5.58 Å². The van der Waals surface area contributed by atoms with Crippen molar-refractivity contribution in [2.45, 2.75) is 38.5 Å². The fourth-order valence-electron chi connectivity index (χ4n) is 6.00. The van der Waals surface area contributed by atoms with Crippen LogP contribution in [0.1, 0.15) is 36.8 Å². The zero-order chi connectivity index (χ0) is 29.1. The molecule has 10 nitrogen and oxygen atoms in total. The van der Waals surface area contributed by atoms with Crippen molar-refractivity contribution in [3.8, 4) is 11.5 Å². The molecule has 222 valence electrons. The molecule has 0 radical (unpaired) electrons. The minimum absolute atomic E-state index is 0.000427. The van der Waals surface area contributed by atoms with E-state index in [9.17, 15) is 14.7 Å². The molecule has 3 aliphatic heterocycles. The third-order valence-electron chi connectivity index (χ3n) is 8.19. The van der Waals surface area contributed by atoms with E-state index in [0.717, 1.165) is 23.6 Å². The highest BCUT2D eigenvalue weighted by Gasteiger charge is 2.40. The highest BCUT2D eigenvalue weighted by Crippen LogP contribution is 2.39. The first-order chi connectivity index (χ1) is 20.6. The number of aliphatic hydroxyl groups excluding tert-OH is 1. The van der Waals surface area contributed by atoms with Crippen LogP contribution in [0.25, 0.3) is 11.0 Å². The lowest BCUT2D eigenvalue weighted by Crippen LogP contribution is -2.50. The summed E-state index contributed by atoms with van der Waals surface area (Å²) in [6.07, 6.45) is 3.56. The van der Waals surface area contributed by atoms with Crippen LogP contribution in [-0.4, -0.2) is 73.3 Å². The molecule has 3 aromatic rings. The second-order valence-corrected chi connectivity index (χ2v) is 10.8. The van der Waals surface area contributed by atoms with Gasteiger partial charge in [-0.05, 0) is 55.7 Å². The third-order valence-corrected chi connectivity index (χ3v) is 8.19. The summed E-state index contributed by atoms with van der Waals surface area (Å²) < 4.78 is 28.9. The summed E-state index contributed by atoms with van der Waals surface area (Å²) >= 11 is 0. The first-order valence-corrected chi connectivity index (χ1v) is 14.6. The molecule has 1 N–H and O–H groups in total. The van der Waals surface area contributed by atoms with Gasteiger partial charge in [-0.15, -0.1) is 0 Å². The number of allylic oxidation sites excluding steroid dienone is 1. The Morgan fingerprint density at radius 3 is 2.69 bits per heavy atom. The van der Waals surface area contributed by atoms with Gasteiger partial charge >= 0.3 is 0 Å². The summed E-state index contributed by atoms with van der Waals surface area (Å²) in [6.45, 7) is 5.73. The van der Waals surface area contributed by atoms with Crippen LogP contribution in [0.15, 0.2) is 69.8 Å². The van der Waals surface area contributed by atoms with Gasteiger partial charge in [0.25, 0.3) is 5.91 Å². The fraction of sp³-hybridized carbons (Fsp3) is 0.438. The van der Waals surface area contributed by atoms with Crippen LogP contribution in [0.3, 0.4) is 0 Å². The summed E-state index contributed by atoms with van der Waals surface area (Å²) in [7, 11) is 0. The monoisotopic (exact) mass is 576 g/mol. The van der Waals surface area contributed by atoms with Gasteiger partial charge in [-0.25, -0.2) is 0 Å². The number of nitrogens with zero attached hydrogens (tertiary/aromatic N) is 2. The van der Waals surface area contributed by atoms with Crippen molar-refractivity contribution in [1.82, 2.24) is 9.80 Å². The maximum Gasteiger partial charge on any atom is 0.288 e. The molecule has 0 bridgehead atoms. The van der Waals surface area contributed by atoms with Crippen LogP contribution >= 0.6 is 0 Å². The number of fused-ring (bicyclic) bond motifs is 2. The number of hydrogen-bond donors (Lipinski definition) is 1. The molecule has 2 aromatic carbocycles. The number of rotatable bonds is 9. The normalized spacial score (nSPS) is 22.2. The van der Waals surface area contributed by atoms with Crippen molar-refractivity contribution in [3.05, 3.63) is 81.9 Å². The molecule has 0 unspecified atom stereocenters. The Labute approximate surface area is 244 Å². The van der Waals surface area contributed by atoms with E-state index < -0.39 is 12.2 Å². The maximum absolute atomic E-state index is 13.8. The Balaban J connectivity index is 1.22. The average molecular weight is 577 g/mol. The van der Waals surface area contributed by atoms with Gasteiger partial charge in [-0.2, -0.15) is 0 Å². The van der Waals surface area contributed by atoms with Gasteiger partial charge in [0.05, 0.1) is 11.6 Å². The SMILES string of the molecule is CCO[C@@H]1OC(C(=O)N2CCN(Cc3ccc4c(c3)OCO4)CC2)=C[C@H](c2coc3ccccc3c2=O)[C@@H]1CCCO. The van der Waals surface area contributed by atoms with Crippen molar-refractivity contribution in [1.29, 1.82) is 0 Å². The largest absolute Gasteiger partial charge is 0.464 e. The van der Waals surface area contributed by atoms with Gasteiger partial charge in [0, 0.05) is 63.3 Å². The molecule has 6 rings (SSSR count). The summed E-state index contributed by atoms with van der Waals surface area (Å²) in [5.74, 6) is 0.719. The quantitative estimate of drug-likeness (QED) is 0.408. The van der Waals surface area contributed by atoms with Crippen molar-refractivity contribution in [2.24, 2.45) is 5.92 Å². The van der Waals surface area contributed by atoms with E-state index in [1.807, 2.05) is 31.2 Å². The second-order valence-electron chi connectivity index (χ2n) is 10.8. The predicted octanol–water partition coefficient (Wildman–Crippen LogP) is 3.62. The molecular weight excluding hydrogens is 540 g/mol. The summed E-state index contributed by atoms with van der Waals surface area (Å²) in [5.41, 5.74) is 1.94. The van der Waals surface area contributed by atoms with E-state index in [2.05, 4.69) is 4.90 Å². The lowest BCUT2D eigenvalue weighted by Gasteiger charge is -2.39. The molecule has 10 heteroatoms. The van der Waals surface area contributed by atoms with Crippen LogP contribution in [0.2, 0.25) is 0 Å². The molecule has 0 saturated carbocycles. The van der Waals surface area contributed by atoms with Crippen LogP contribution in [0.5, 0.6) is 11.5 Å². The third kappa shape index (κ3) is 5.74. The number of piperazine rings is 1. The lowest BCUT2D eigenvalue weighted by atomic mass is 9.81. The number of para-hydroxylation sites is 1. The maximum atomic E-state index is 13.8. The highest BCUT2D eigenvalue weighted by atomic mass is 16.7. The smallest absolute Gasteiger partial charge is 0.288 e. The standard InChI is InChI=1S/C32H36N2O8/c1-2-38-32-22(7-5-15-35)24(25-19-39-26-8-4-3-6-23(26)30(25)36)17-29(42-32)31(37)34-13-11-33(12-14-34)18-21-9-10-27-28(16-21)41-20-40-27/h3-4,6,8-10,16-17,19,22,24,32,35H,2,5,7,11-15,18,20H2,1H3/t22-,24-,32+/m0/s1. The minimum Gasteiger partial charge on any atom is -0.464 e. The van der Waals surface area contributed by atoms with Crippen molar-refractivity contribution < 1.29 is 33.3 Å². The first-order valence-electron chi connectivity index (χ1n) is 14.6. The van der Waals surface area contributed by atoms with Crippen molar-refractivity contribution in [3.63, 3.8) is 0 Å². The van der Waals surface area contributed by atoms with Crippen LogP contribution < -0.4 is 14.9 Å². The van der Waals surface area contributed by atoms with Crippen molar-refractivity contribution >= 4 is 16.9 Å². The average Bonchev–Trinajstić information content (AvgIpc) is 3.49. The fourth-order valence-corrected chi connectivity index (χ4v) is 6.00. The molecule has 0 spiro atoms. The highest BCUT2D eigenvalue weighted by molar-refractivity contribution is 5.92. The Morgan fingerprint density at radius 1 is 1.07 bits per heavy atom. The molecule has 3 atom stereocenters. The van der Waals surface area contributed by atoms with Gasteiger partial charge in [-0.3, -0.25) is 14.5 Å². The molecular formula is C32H36N2O8. The molecule has 3 aliphatic rings. The van der Waals surface area contributed by atoms with Gasteiger partial charge in [-0.1, -0.05) is 18.2 Å². The van der Waals surface area contributed by atoms with Crippen LogP contribution in [-0.2, 0) is 20.8 Å². The minimum atomic E-state index is -0.742. The Kier molecular flexibility index (Phi) is 8.46. The van der Waals surface area contributed by atoms with E-state index >= 15 is 0 Å². The van der Waals surface area contributed by atoms with Gasteiger partial charge in [0.15, 0.2) is 22.7 Å². The zero-order valence-corrected chi connectivity index (χ0v) is 23.7. The first kappa shape index (κ1) is 28.3. The topological polar surface area (TPSA) is 111 Å². The van der Waals surface area contributed by atoms with Crippen molar-refractivity contribution in [2.75, 3.05) is 46.2 Å². The number of aliphatic hydroxyl groups is 1. The van der Waals surface area contributed by atoms with E-state index in [1.165, 1.54) is 6.26 Å². The molecule has 1 amide bonds. The molecule has 1 fully saturated rings. The lowest BCUT2D eigenvalue weighted by molar-refractivity contribution is -0.171. The molecule has 42 heavy (non-hydrogen) atoms. The van der Waals surface area contributed by atoms with Gasteiger partial charge < -0.3 is 33.4 Å². The van der Waals surface area contributed by atoms with E-state index in [4.69, 9.17) is 23.4 Å². The number of ether oxygens (including phenoxy) is 4. The zero-order valence-electron chi connectivity index (χ0n) is 23.7. The molecule has 4 heterocycles. The Morgan fingerprint density at radius 2 is 1.88 bits per heavy atom. The summed E-state index contributed by atoms with van der Waals surface area (Å²) in [4.78, 5) is 31.5. The molecule has 1 aromatic heterocycles. The van der Waals surface area contributed by atoms with E-state index in [1.54, 1.807) is 29.2 Å². The number of benzene rings is 2. The Hall–Kier alpha value is -3.86. The number of hydrogen-bond acceptors (Lipinski definition) is 9.